The molecule has 0 saturated heterocycles. The largest absolute Gasteiger partial charge is 0.416 e. The molecule has 0 aromatic heterocycles. The van der Waals surface area contributed by atoms with Gasteiger partial charge in [-0.15, -0.1) is 6.58 Å². The zero-order valence-electron chi connectivity index (χ0n) is 20.1. The van der Waals surface area contributed by atoms with Crippen LogP contribution in [0, 0.1) is 28.6 Å². The van der Waals surface area contributed by atoms with Crippen LogP contribution in [-0.2, 0) is 14.3 Å². The fraction of sp³-hybridized carbons (Fsp3) is 0.792. The summed E-state index contributed by atoms with van der Waals surface area (Å²) in [6.45, 7) is 13.6. The highest BCUT2D eigenvalue weighted by atomic mass is 16.7. The highest BCUT2D eigenvalue weighted by Crippen LogP contribution is 2.66. The van der Waals surface area contributed by atoms with Crippen LogP contribution in [0.25, 0.3) is 0 Å². The predicted octanol–water partition coefficient (Wildman–Crippen LogP) is 2.35. The Morgan fingerprint density at radius 3 is 2.34 bits per heavy atom. The lowest BCUT2D eigenvalue weighted by Crippen LogP contribution is -2.78. The van der Waals surface area contributed by atoms with E-state index in [0.29, 0.717) is 6.42 Å². The van der Waals surface area contributed by atoms with Crippen molar-refractivity contribution in [3.05, 3.63) is 12.7 Å². The van der Waals surface area contributed by atoms with Crippen LogP contribution >= 0.6 is 0 Å². The molecule has 182 valence electrons. The number of hydrogen-bond donors (Lipinski definition) is 4. The standard InChI is InChI=1S/C24H39NO7/c1-8-14(2)11-18(28)24(31)15(3)12-17(27)19-21(5,6)9-10-23(30,22(19,24)7)32-20(29)25-13-16(4)26/h8,14-15,17,19,27,30-31H,1,9-13H2,2-7H3,(H,25,29)/t14-,15+,17-,19+,22-,23-,24+/m1/s1. The highest BCUT2D eigenvalue weighted by Gasteiger charge is 2.76. The second kappa shape index (κ2) is 8.88. The number of nitrogens with one attached hydrogen (secondary N) is 1. The van der Waals surface area contributed by atoms with Crippen molar-refractivity contribution < 1.29 is 34.4 Å². The van der Waals surface area contributed by atoms with Crippen LogP contribution in [0.4, 0.5) is 4.79 Å². The van der Waals surface area contributed by atoms with E-state index in [4.69, 9.17) is 4.74 Å². The first-order valence-corrected chi connectivity index (χ1v) is 11.3. The first-order valence-electron chi connectivity index (χ1n) is 11.3. The Hall–Kier alpha value is -1.77. The normalized spacial score (nSPS) is 39.3. The third-order valence-corrected chi connectivity index (χ3v) is 7.95. The lowest BCUT2D eigenvalue weighted by Gasteiger charge is -2.67. The van der Waals surface area contributed by atoms with E-state index in [1.807, 2.05) is 13.8 Å². The first-order chi connectivity index (χ1) is 14.6. The van der Waals surface area contributed by atoms with Gasteiger partial charge < -0.3 is 25.4 Å². The molecule has 2 aliphatic carbocycles. The average molecular weight is 454 g/mol. The van der Waals surface area contributed by atoms with Crippen molar-refractivity contribution in [3.8, 4) is 0 Å². The number of Topliss-reactive ketones (excluding diaryl/α,β-unsaturated/α-hetero) is 2. The molecule has 0 aromatic carbocycles. The molecule has 8 heteroatoms. The minimum atomic E-state index is -2.24. The molecule has 7 atom stereocenters. The van der Waals surface area contributed by atoms with E-state index >= 15 is 0 Å². The van der Waals surface area contributed by atoms with E-state index in [-0.39, 0.29) is 37.5 Å². The van der Waals surface area contributed by atoms with Gasteiger partial charge in [-0.1, -0.05) is 33.8 Å². The lowest BCUT2D eigenvalue weighted by molar-refractivity contribution is -0.361. The van der Waals surface area contributed by atoms with Gasteiger partial charge in [-0.2, -0.15) is 0 Å². The minimum absolute atomic E-state index is 0.00418. The van der Waals surface area contributed by atoms with Crippen molar-refractivity contribution in [2.24, 2.45) is 28.6 Å². The highest BCUT2D eigenvalue weighted by molar-refractivity contribution is 5.89. The Morgan fingerprint density at radius 1 is 1.22 bits per heavy atom. The van der Waals surface area contributed by atoms with Crippen LogP contribution < -0.4 is 5.32 Å². The molecule has 0 aromatic rings. The summed E-state index contributed by atoms with van der Waals surface area (Å²) in [5.74, 6) is -4.68. The van der Waals surface area contributed by atoms with Crippen LogP contribution in [-0.4, -0.2) is 57.0 Å². The molecule has 2 fully saturated rings. The number of aliphatic hydroxyl groups excluding tert-OH is 1. The van der Waals surface area contributed by atoms with Crippen LogP contribution in [0.1, 0.15) is 67.2 Å². The van der Waals surface area contributed by atoms with E-state index < -0.39 is 52.0 Å². The van der Waals surface area contributed by atoms with Crippen molar-refractivity contribution in [1.29, 1.82) is 0 Å². The maximum atomic E-state index is 13.6. The van der Waals surface area contributed by atoms with E-state index in [1.165, 1.54) is 13.8 Å². The SMILES string of the molecule is C=C[C@@H](C)CC(=O)[C@@]1(O)[C@@H](C)C[C@@H](O)[C@H]2C(C)(C)CC[C@@](O)(OC(=O)NCC(C)=O)[C@@]21C. The number of carbonyl (C=O) groups is 3. The molecule has 0 spiro atoms. The Labute approximate surface area is 190 Å². The topological polar surface area (TPSA) is 133 Å². The molecular weight excluding hydrogens is 414 g/mol. The van der Waals surface area contributed by atoms with E-state index in [2.05, 4.69) is 11.9 Å². The van der Waals surface area contributed by atoms with Crippen molar-refractivity contribution in [1.82, 2.24) is 5.32 Å². The molecule has 8 nitrogen and oxygen atoms in total. The Morgan fingerprint density at radius 2 is 1.81 bits per heavy atom. The number of allylic oxidation sites excluding steroid dienone is 1. The quantitative estimate of drug-likeness (QED) is 0.343. The number of rotatable bonds is 7. The van der Waals surface area contributed by atoms with Gasteiger partial charge in [0.1, 0.15) is 11.4 Å². The molecule has 0 unspecified atom stereocenters. The third kappa shape index (κ3) is 4.13. The van der Waals surface area contributed by atoms with Gasteiger partial charge in [0.25, 0.3) is 0 Å². The smallest absolute Gasteiger partial charge is 0.410 e. The summed E-state index contributed by atoms with van der Waals surface area (Å²) in [7, 11) is 0. The molecule has 2 aliphatic rings. The number of ketones is 2. The molecule has 0 bridgehead atoms. The van der Waals surface area contributed by atoms with Crippen LogP contribution in [0.15, 0.2) is 12.7 Å². The summed E-state index contributed by atoms with van der Waals surface area (Å²) in [6.07, 6.45) is 0.188. The Bertz CT molecular complexity index is 780. The van der Waals surface area contributed by atoms with Crippen LogP contribution in [0.3, 0.4) is 0 Å². The van der Waals surface area contributed by atoms with Crippen molar-refractivity contribution in [2.75, 3.05) is 6.54 Å². The average Bonchev–Trinajstić information content (AvgIpc) is 2.67. The molecule has 2 saturated carbocycles. The summed E-state index contributed by atoms with van der Waals surface area (Å²) in [5.41, 5.74) is -4.33. The van der Waals surface area contributed by atoms with Crippen molar-refractivity contribution in [2.45, 2.75) is 84.7 Å². The van der Waals surface area contributed by atoms with Gasteiger partial charge in [-0.05, 0) is 43.9 Å². The van der Waals surface area contributed by atoms with Gasteiger partial charge in [-0.3, -0.25) is 9.59 Å². The van der Waals surface area contributed by atoms with Gasteiger partial charge in [-0.25, -0.2) is 4.79 Å². The summed E-state index contributed by atoms with van der Waals surface area (Å²) < 4.78 is 5.48. The van der Waals surface area contributed by atoms with Crippen molar-refractivity contribution >= 4 is 17.7 Å². The Kier molecular flexibility index (Phi) is 7.35. The van der Waals surface area contributed by atoms with Gasteiger partial charge in [0.05, 0.1) is 18.1 Å². The summed E-state index contributed by atoms with van der Waals surface area (Å²) in [6, 6.07) is 0. The predicted molar refractivity (Wildman–Crippen MR) is 118 cm³/mol. The third-order valence-electron chi connectivity index (χ3n) is 7.95. The number of fused-ring (bicyclic) bond motifs is 1. The summed E-state index contributed by atoms with van der Waals surface area (Å²) in [5, 5.41) is 37.3. The number of aliphatic hydroxyl groups is 3. The molecule has 32 heavy (non-hydrogen) atoms. The van der Waals surface area contributed by atoms with Crippen molar-refractivity contribution in [3.63, 3.8) is 0 Å². The molecule has 0 radical (unpaired) electrons. The fourth-order valence-electron chi connectivity index (χ4n) is 6.19. The maximum Gasteiger partial charge on any atom is 0.410 e. The molecule has 0 heterocycles. The van der Waals surface area contributed by atoms with Crippen LogP contribution in [0.5, 0.6) is 0 Å². The second-order valence-electron chi connectivity index (χ2n) is 10.7. The van der Waals surface area contributed by atoms with Gasteiger partial charge in [0.15, 0.2) is 5.78 Å². The second-order valence-corrected chi connectivity index (χ2v) is 10.7. The summed E-state index contributed by atoms with van der Waals surface area (Å²) in [4.78, 5) is 37.3. The minimum Gasteiger partial charge on any atom is -0.416 e. The zero-order chi connectivity index (χ0) is 24.7. The van der Waals surface area contributed by atoms with E-state index in [1.54, 1.807) is 19.9 Å². The van der Waals surface area contributed by atoms with Crippen LogP contribution in [0.2, 0.25) is 0 Å². The summed E-state index contributed by atoms with van der Waals surface area (Å²) >= 11 is 0. The zero-order valence-corrected chi connectivity index (χ0v) is 20.1. The number of alkyl carbamates (subject to hydrolysis) is 1. The van der Waals surface area contributed by atoms with E-state index in [0.717, 1.165) is 0 Å². The molecule has 2 rings (SSSR count). The fourth-order valence-corrected chi connectivity index (χ4v) is 6.19. The molecular formula is C24H39NO7. The van der Waals surface area contributed by atoms with Gasteiger partial charge >= 0.3 is 6.09 Å². The lowest BCUT2D eigenvalue weighted by atomic mass is 9.41. The monoisotopic (exact) mass is 453 g/mol. The van der Waals surface area contributed by atoms with Gasteiger partial charge in [0, 0.05) is 18.8 Å². The molecule has 1 amide bonds. The molecule has 0 aliphatic heterocycles. The van der Waals surface area contributed by atoms with E-state index in [9.17, 15) is 29.7 Å². The number of carbonyl (C=O) groups excluding carboxylic acids is 3. The maximum absolute atomic E-state index is 13.6. The Balaban J connectivity index is 2.63. The number of amides is 1. The number of ether oxygens (including phenoxy) is 1. The van der Waals surface area contributed by atoms with Gasteiger partial charge in [0.2, 0.25) is 5.79 Å². The number of hydrogen-bond acceptors (Lipinski definition) is 7. The molecule has 4 N–H and O–H groups in total. The first kappa shape index (κ1) is 26.5.